The summed E-state index contributed by atoms with van der Waals surface area (Å²) in [5, 5.41) is 3.35. The molecular weight excluding hydrogens is 330 g/mol. The monoisotopic (exact) mass is 349 g/mol. The van der Waals surface area contributed by atoms with E-state index in [1.54, 1.807) is 7.11 Å². The third kappa shape index (κ3) is 3.77. The van der Waals surface area contributed by atoms with Gasteiger partial charge in [-0.3, -0.25) is 0 Å². The zero-order valence-electron chi connectivity index (χ0n) is 12.5. The van der Waals surface area contributed by atoms with Crippen molar-refractivity contribution >= 4 is 15.9 Å². The van der Waals surface area contributed by atoms with Crippen molar-refractivity contribution in [2.45, 2.75) is 13.0 Å². The van der Waals surface area contributed by atoms with Crippen molar-refractivity contribution in [3.8, 4) is 11.5 Å². The van der Waals surface area contributed by atoms with E-state index in [4.69, 9.17) is 9.47 Å². The summed E-state index contributed by atoms with van der Waals surface area (Å²) in [5.74, 6) is 1.72. The van der Waals surface area contributed by atoms with Crippen LogP contribution in [0, 0.1) is 0 Å². The van der Waals surface area contributed by atoms with Crippen LogP contribution in [0.25, 0.3) is 0 Å². The first-order chi connectivity index (χ1) is 10.2. The van der Waals surface area contributed by atoms with Crippen LogP contribution in [0.5, 0.6) is 11.5 Å². The molecule has 0 amide bonds. The molecule has 112 valence electrons. The van der Waals surface area contributed by atoms with Gasteiger partial charge in [-0.25, -0.2) is 0 Å². The van der Waals surface area contributed by atoms with Gasteiger partial charge in [0.1, 0.15) is 11.5 Å². The fourth-order valence-corrected chi connectivity index (χ4v) is 2.90. The van der Waals surface area contributed by atoms with Gasteiger partial charge in [-0.15, -0.1) is 0 Å². The van der Waals surface area contributed by atoms with Crippen LogP contribution in [0.1, 0.15) is 24.1 Å². The van der Waals surface area contributed by atoms with Crippen molar-refractivity contribution < 1.29 is 9.47 Å². The lowest BCUT2D eigenvalue weighted by atomic mass is 9.98. The third-order valence-electron chi connectivity index (χ3n) is 3.30. The fourth-order valence-electron chi connectivity index (χ4n) is 2.34. The molecule has 1 unspecified atom stereocenters. The summed E-state index contributed by atoms with van der Waals surface area (Å²) in [6.45, 7) is 2.66. The van der Waals surface area contributed by atoms with E-state index < -0.39 is 0 Å². The highest BCUT2D eigenvalue weighted by Gasteiger charge is 2.14. The molecule has 0 aliphatic heterocycles. The van der Waals surface area contributed by atoms with Crippen LogP contribution in [0.15, 0.2) is 46.9 Å². The Bertz CT molecular complexity index is 601. The van der Waals surface area contributed by atoms with Gasteiger partial charge in [0.15, 0.2) is 0 Å². The number of hydrogen-bond acceptors (Lipinski definition) is 3. The van der Waals surface area contributed by atoms with Crippen LogP contribution in [0.3, 0.4) is 0 Å². The first kappa shape index (κ1) is 15.9. The summed E-state index contributed by atoms with van der Waals surface area (Å²) in [7, 11) is 3.62. The average Bonchev–Trinajstić information content (AvgIpc) is 2.49. The van der Waals surface area contributed by atoms with Gasteiger partial charge in [-0.05, 0) is 65.3 Å². The molecule has 2 aromatic carbocycles. The van der Waals surface area contributed by atoms with E-state index in [2.05, 4.69) is 45.5 Å². The molecule has 1 atom stereocenters. The predicted molar refractivity (Wildman–Crippen MR) is 89.2 cm³/mol. The van der Waals surface area contributed by atoms with Gasteiger partial charge in [0.25, 0.3) is 0 Å². The van der Waals surface area contributed by atoms with Gasteiger partial charge in [-0.1, -0.05) is 18.2 Å². The van der Waals surface area contributed by atoms with Crippen LogP contribution in [0.2, 0.25) is 0 Å². The summed E-state index contributed by atoms with van der Waals surface area (Å²) in [6.07, 6.45) is 0. The first-order valence-corrected chi connectivity index (χ1v) is 7.72. The average molecular weight is 350 g/mol. The molecule has 0 spiro atoms. The van der Waals surface area contributed by atoms with Crippen LogP contribution < -0.4 is 14.8 Å². The predicted octanol–water partition coefficient (Wildman–Crippen LogP) is 4.17. The molecule has 0 bridgehead atoms. The number of halogens is 1. The molecule has 1 N–H and O–H groups in total. The number of nitrogens with one attached hydrogen (secondary N) is 1. The maximum absolute atomic E-state index is 5.58. The summed E-state index contributed by atoms with van der Waals surface area (Å²) in [4.78, 5) is 0. The lowest BCUT2D eigenvalue weighted by Gasteiger charge is -2.19. The standard InChI is InChI=1S/C17H20BrNO2/c1-4-21-14-7-5-6-12(10-14)17(19-2)13-8-9-16(20-3)15(18)11-13/h5-11,17,19H,4H2,1-3H3. The van der Waals surface area contributed by atoms with Gasteiger partial charge in [0.2, 0.25) is 0 Å². The van der Waals surface area contributed by atoms with Crippen molar-refractivity contribution in [2.75, 3.05) is 20.8 Å². The molecular formula is C17H20BrNO2. The Kier molecular flexibility index (Phi) is 5.65. The Morgan fingerprint density at radius 3 is 2.52 bits per heavy atom. The van der Waals surface area contributed by atoms with Gasteiger partial charge in [0.05, 0.1) is 24.2 Å². The number of ether oxygens (including phenoxy) is 2. The summed E-state index contributed by atoms with van der Waals surface area (Å²) in [6, 6.07) is 14.4. The highest BCUT2D eigenvalue weighted by Crippen LogP contribution is 2.31. The molecule has 0 aliphatic carbocycles. The highest BCUT2D eigenvalue weighted by atomic mass is 79.9. The second kappa shape index (κ2) is 7.48. The molecule has 0 saturated heterocycles. The second-order valence-electron chi connectivity index (χ2n) is 4.62. The molecule has 0 heterocycles. The molecule has 4 heteroatoms. The van der Waals surface area contributed by atoms with Gasteiger partial charge >= 0.3 is 0 Å². The van der Waals surface area contributed by atoms with E-state index in [0.29, 0.717) is 6.61 Å². The Labute approximate surface area is 134 Å². The van der Waals surface area contributed by atoms with Crippen LogP contribution in [-0.4, -0.2) is 20.8 Å². The topological polar surface area (TPSA) is 30.5 Å². The molecule has 0 aliphatic rings. The van der Waals surface area contributed by atoms with Crippen molar-refractivity contribution in [3.05, 3.63) is 58.1 Å². The molecule has 3 nitrogen and oxygen atoms in total. The second-order valence-corrected chi connectivity index (χ2v) is 5.48. The molecule has 0 aromatic heterocycles. The van der Waals surface area contributed by atoms with Crippen molar-refractivity contribution in [2.24, 2.45) is 0 Å². The normalized spacial score (nSPS) is 12.0. The van der Waals surface area contributed by atoms with E-state index in [1.807, 2.05) is 32.2 Å². The van der Waals surface area contributed by atoms with Crippen molar-refractivity contribution in [1.29, 1.82) is 0 Å². The fraction of sp³-hybridized carbons (Fsp3) is 0.294. The first-order valence-electron chi connectivity index (χ1n) is 6.93. The highest BCUT2D eigenvalue weighted by molar-refractivity contribution is 9.10. The molecule has 0 saturated carbocycles. The van der Waals surface area contributed by atoms with Crippen LogP contribution in [0.4, 0.5) is 0 Å². The van der Waals surface area contributed by atoms with Gasteiger partial charge in [0, 0.05) is 0 Å². The van der Waals surface area contributed by atoms with Crippen LogP contribution >= 0.6 is 15.9 Å². The third-order valence-corrected chi connectivity index (χ3v) is 3.92. The number of benzene rings is 2. The SMILES string of the molecule is CCOc1cccc(C(NC)c2ccc(OC)c(Br)c2)c1. The summed E-state index contributed by atoms with van der Waals surface area (Å²) >= 11 is 3.54. The number of rotatable bonds is 6. The Balaban J connectivity index is 2.34. The smallest absolute Gasteiger partial charge is 0.133 e. The van der Waals surface area contributed by atoms with Crippen molar-refractivity contribution in [1.82, 2.24) is 5.32 Å². The molecule has 21 heavy (non-hydrogen) atoms. The lowest BCUT2D eigenvalue weighted by Crippen LogP contribution is -2.17. The van der Waals surface area contributed by atoms with Crippen molar-refractivity contribution in [3.63, 3.8) is 0 Å². The molecule has 2 aromatic rings. The quantitative estimate of drug-likeness (QED) is 0.848. The van der Waals surface area contributed by atoms with E-state index in [1.165, 1.54) is 11.1 Å². The Morgan fingerprint density at radius 2 is 1.90 bits per heavy atom. The van der Waals surface area contributed by atoms with Crippen LogP contribution in [-0.2, 0) is 0 Å². The molecule has 0 fully saturated rings. The maximum atomic E-state index is 5.58. The van der Waals surface area contributed by atoms with E-state index >= 15 is 0 Å². The Hall–Kier alpha value is -1.52. The Morgan fingerprint density at radius 1 is 1.14 bits per heavy atom. The minimum absolute atomic E-state index is 0.104. The largest absolute Gasteiger partial charge is 0.496 e. The lowest BCUT2D eigenvalue weighted by molar-refractivity contribution is 0.339. The molecule has 0 radical (unpaired) electrons. The van der Waals surface area contributed by atoms with E-state index in [0.717, 1.165) is 16.0 Å². The zero-order chi connectivity index (χ0) is 15.2. The number of hydrogen-bond donors (Lipinski definition) is 1. The van der Waals surface area contributed by atoms with Gasteiger partial charge < -0.3 is 14.8 Å². The number of methoxy groups -OCH3 is 1. The van der Waals surface area contributed by atoms with E-state index in [-0.39, 0.29) is 6.04 Å². The minimum Gasteiger partial charge on any atom is -0.496 e. The maximum Gasteiger partial charge on any atom is 0.133 e. The summed E-state index contributed by atoms with van der Waals surface area (Å²) < 4.78 is 11.8. The summed E-state index contributed by atoms with van der Waals surface area (Å²) in [5.41, 5.74) is 2.33. The van der Waals surface area contributed by atoms with E-state index in [9.17, 15) is 0 Å². The minimum atomic E-state index is 0.104. The zero-order valence-corrected chi connectivity index (χ0v) is 14.1. The van der Waals surface area contributed by atoms with Gasteiger partial charge in [-0.2, -0.15) is 0 Å². The molecule has 2 rings (SSSR count).